The lowest BCUT2D eigenvalue weighted by Gasteiger charge is -2.34. The van der Waals surface area contributed by atoms with Gasteiger partial charge in [0.1, 0.15) is 0 Å². The van der Waals surface area contributed by atoms with Crippen molar-refractivity contribution < 1.29 is 4.79 Å². The van der Waals surface area contributed by atoms with Crippen molar-refractivity contribution in [1.82, 2.24) is 5.32 Å². The molecule has 66 valence electrons. The second-order valence-electron chi connectivity index (χ2n) is 4.60. The Labute approximate surface area is 72.7 Å². The highest BCUT2D eigenvalue weighted by atomic mass is 16.2. The molecule has 1 saturated heterocycles. The first-order chi connectivity index (χ1) is 5.86. The van der Waals surface area contributed by atoms with E-state index in [-0.39, 0.29) is 0 Å². The van der Waals surface area contributed by atoms with E-state index in [9.17, 15) is 4.79 Å². The van der Waals surface area contributed by atoms with Crippen LogP contribution in [0.5, 0.6) is 0 Å². The fourth-order valence-electron chi connectivity index (χ4n) is 3.71. The largest absolute Gasteiger partial charge is 0.356 e. The summed E-state index contributed by atoms with van der Waals surface area (Å²) in [7, 11) is 0. The van der Waals surface area contributed by atoms with Crippen LogP contribution in [0.25, 0.3) is 0 Å². The van der Waals surface area contributed by atoms with E-state index in [1.165, 1.54) is 25.7 Å². The van der Waals surface area contributed by atoms with Gasteiger partial charge in [0.25, 0.3) is 0 Å². The van der Waals surface area contributed by atoms with Gasteiger partial charge in [-0.3, -0.25) is 4.79 Å². The van der Waals surface area contributed by atoms with Crippen molar-refractivity contribution in [3.8, 4) is 0 Å². The van der Waals surface area contributed by atoms with Gasteiger partial charge in [0, 0.05) is 12.5 Å². The lowest BCUT2D eigenvalue weighted by molar-refractivity contribution is -0.130. The minimum atomic E-state index is 0.360. The molecule has 0 aromatic rings. The van der Waals surface area contributed by atoms with Crippen LogP contribution in [0.15, 0.2) is 0 Å². The molecule has 4 atom stereocenters. The number of carbonyl (C=O) groups is 1. The van der Waals surface area contributed by atoms with Gasteiger partial charge in [-0.05, 0) is 43.4 Å². The summed E-state index contributed by atoms with van der Waals surface area (Å²) in [6, 6.07) is 0. The van der Waals surface area contributed by atoms with Crippen LogP contribution in [0.1, 0.15) is 25.7 Å². The van der Waals surface area contributed by atoms with Gasteiger partial charge in [0.2, 0.25) is 5.91 Å². The number of hydrogen-bond acceptors (Lipinski definition) is 1. The average Bonchev–Trinajstić information content (AvgIpc) is 2.64. The van der Waals surface area contributed by atoms with E-state index in [0.717, 1.165) is 24.3 Å². The number of piperidine rings is 1. The van der Waals surface area contributed by atoms with E-state index in [4.69, 9.17) is 0 Å². The van der Waals surface area contributed by atoms with Crippen molar-refractivity contribution >= 4 is 5.91 Å². The summed E-state index contributed by atoms with van der Waals surface area (Å²) in [5.41, 5.74) is 0. The molecule has 1 N–H and O–H groups in total. The molecule has 2 bridgehead atoms. The van der Waals surface area contributed by atoms with Crippen molar-refractivity contribution in [1.29, 1.82) is 0 Å². The Morgan fingerprint density at radius 1 is 1.17 bits per heavy atom. The molecule has 1 amide bonds. The number of amides is 1. The molecule has 3 fully saturated rings. The van der Waals surface area contributed by atoms with E-state index in [0.29, 0.717) is 11.8 Å². The molecule has 12 heavy (non-hydrogen) atoms. The van der Waals surface area contributed by atoms with Crippen LogP contribution in [-0.2, 0) is 4.79 Å². The van der Waals surface area contributed by atoms with Crippen LogP contribution < -0.4 is 5.32 Å². The number of hydrogen-bond donors (Lipinski definition) is 1. The summed E-state index contributed by atoms with van der Waals surface area (Å²) in [6.45, 7) is 0.934. The third kappa shape index (κ3) is 0.732. The molecule has 0 aromatic heterocycles. The first-order valence-corrected chi connectivity index (χ1v) is 5.14. The first kappa shape index (κ1) is 6.93. The summed E-state index contributed by atoms with van der Waals surface area (Å²) in [6.07, 6.45) is 5.32. The van der Waals surface area contributed by atoms with Gasteiger partial charge in [-0.25, -0.2) is 0 Å². The fourth-order valence-corrected chi connectivity index (χ4v) is 3.71. The summed E-state index contributed by atoms with van der Waals surface area (Å²) in [4.78, 5) is 11.6. The van der Waals surface area contributed by atoms with Crippen LogP contribution in [-0.4, -0.2) is 12.5 Å². The molecule has 1 aliphatic heterocycles. The zero-order valence-electron chi connectivity index (χ0n) is 7.25. The Bertz CT molecular complexity index is 226. The minimum absolute atomic E-state index is 0.360. The Morgan fingerprint density at radius 2 is 2.00 bits per heavy atom. The molecule has 2 aliphatic carbocycles. The van der Waals surface area contributed by atoms with Crippen molar-refractivity contribution in [2.24, 2.45) is 23.7 Å². The quantitative estimate of drug-likeness (QED) is 0.573. The number of carbonyl (C=O) groups excluding carboxylic acids is 1. The van der Waals surface area contributed by atoms with E-state index in [2.05, 4.69) is 5.32 Å². The van der Waals surface area contributed by atoms with Crippen LogP contribution in [0.4, 0.5) is 0 Å². The standard InChI is InChI=1S/C10H15NO/c12-10-9-7-2-1-6(5-7)8(9)3-4-11-10/h6-9H,1-5H2,(H,11,12). The highest BCUT2D eigenvalue weighted by Crippen LogP contribution is 2.54. The maximum atomic E-state index is 11.6. The zero-order valence-corrected chi connectivity index (χ0v) is 7.25. The highest BCUT2D eigenvalue weighted by Gasteiger charge is 2.51. The van der Waals surface area contributed by atoms with Gasteiger partial charge in [0.05, 0.1) is 0 Å². The smallest absolute Gasteiger partial charge is 0.223 e. The van der Waals surface area contributed by atoms with Crippen molar-refractivity contribution in [3.63, 3.8) is 0 Å². The van der Waals surface area contributed by atoms with Gasteiger partial charge in [-0.15, -0.1) is 0 Å². The van der Waals surface area contributed by atoms with Crippen LogP contribution in [0.3, 0.4) is 0 Å². The maximum Gasteiger partial charge on any atom is 0.223 e. The fraction of sp³-hybridized carbons (Fsp3) is 0.900. The van der Waals surface area contributed by atoms with Crippen molar-refractivity contribution in [2.75, 3.05) is 6.54 Å². The van der Waals surface area contributed by atoms with Crippen LogP contribution >= 0.6 is 0 Å². The Balaban J connectivity index is 1.91. The predicted octanol–water partition coefficient (Wildman–Crippen LogP) is 1.17. The summed E-state index contributed by atoms with van der Waals surface area (Å²) in [5.74, 6) is 3.19. The van der Waals surface area contributed by atoms with E-state index in [1.807, 2.05) is 0 Å². The summed E-state index contributed by atoms with van der Waals surface area (Å²) >= 11 is 0. The number of rotatable bonds is 0. The van der Waals surface area contributed by atoms with E-state index in [1.54, 1.807) is 0 Å². The molecule has 0 radical (unpaired) electrons. The second-order valence-corrected chi connectivity index (χ2v) is 4.60. The van der Waals surface area contributed by atoms with E-state index < -0.39 is 0 Å². The maximum absolute atomic E-state index is 11.6. The SMILES string of the molecule is O=C1NCCC2C3CCC(C3)C12. The number of nitrogens with one attached hydrogen (secondary N) is 1. The number of fused-ring (bicyclic) bond motifs is 5. The molecule has 4 unspecified atom stereocenters. The molecule has 0 spiro atoms. The van der Waals surface area contributed by atoms with Crippen LogP contribution in [0, 0.1) is 23.7 Å². The van der Waals surface area contributed by atoms with Gasteiger partial charge >= 0.3 is 0 Å². The van der Waals surface area contributed by atoms with Crippen molar-refractivity contribution in [3.05, 3.63) is 0 Å². The molecular formula is C10H15NO. The monoisotopic (exact) mass is 165 g/mol. The highest BCUT2D eigenvalue weighted by molar-refractivity contribution is 5.80. The average molecular weight is 165 g/mol. The second kappa shape index (κ2) is 2.24. The predicted molar refractivity (Wildman–Crippen MR) is 45.4 cm³/mol. The topological polar surface area (TPSA) is 29.1 Å². The third-order valence-corrected chi connectivity index (χ3v) is 4.17. The molecule has 0 aromatic carbocycles. The summed E-state index contributed by atoms with van der Waals surface area (Å²) in [5, 5.41) is 3.00. The lowest BCUT2D eigenvalue weighted by Crippen LogP contribution is -2.44. The third-order valence-electron chi connectivity index (χ3n) is 4.17. The zero-order chi connectivity index (χ0) is 8.13. The molecular weight excluding hydrogens is 150 g/mol. The molecule has 2 saturated carbocycles. The molecule has 3 aliphatic rings. The Morgan fingerprint density at radius 3 is 2.83 bits per heavy atom. The van der Waals surface area contributed by atoms with Gasteiger partial charge in [0.15, 0.2) is 0 Å². The molecule has 1 heterocycles. The molecule has 2 heteroatoms. The normalized spacial score (nSPS) is 50.5. The van der Waals surface area contributed by atoms with Gasteiger partial charge in [-0.2, -0.15) is 0 Å². The first-order valence-electron chi connectivity index (χ1n) is 5.14. The minimum Gasteiger partial charge on any atom is -0.356 e. The molecule has 3 rings (SSSR count). The molecule has 2 nitrogen and oxygen atoms in total. The summed E-state index contributed by atoms with van der Waals surface area (Å²) < 4.78 is 0. The Kier molecular flexibility index (Phi) is 1.29. The van der Waals surface area contributed by atoms with E-state index >= 15 is 0 Å². The van der Waals surface area contributed by atoms with Crippen molar-refractivity contribution in [2.45, 2.75) is 25.7 Å². The van der Waals surface area contributed by atoms with Gasteiger partial charge < -0.3 is 5.32 Å². The Hall–Kier alpha value is -0.530. The van der Waals surface area contributed by atoms with Crippen LogP contribution in [0.2, 0.25) is 0 Å². The van der Waals surface area contributed by atoms with Gasteiger partial charge in [-0.1, -0.05) is 0 Å². The lowest BCUT2D eigenvalue weighted by atomic mass is 9.75.